The van der Waals surface area contributed by atoms with Crippen LogP contribution in [-0.4, -0.2) is 27.7 Å². The zero-order valence-corrected chi connectivity index (χ0v) is 16.4. The van der Waals surface area contributed by atoms with E-state index in [4.69, 9.17) is 9.26 Å². The maximum absolute atomic E-state index is 12.5. The Morgan fingerprint density at radius 2 is 1.97 bits per heavy atom. The number of methoxy groups -OCH3 is 1. The van der Waals surface area contributed by atoms with Crippen LogP contribution in [0.4, 0.5) is 0 Å². The number of hydrogen-bond donors (Lipinski definition) is 1. The summed E-state index contributed by atoms with van der Waals surface area (Å²) in [5, 5.41) is 7.32. The van der Waals surface area contributed by atoms with Gasteiger partial charge in [-0.25, -0.2) is 4.98 Å². The van der Waals surface area contributed by atoms with Gasteiger partial charge in [0.1, 0.15) is 11.4 Å². The Morgan fingerprint density at radius 1 is 1.17 bits per heavy atom. The Kier molecular flexibility index (Phi) is 5.56. The molecule has 0 saturated heterocycles. The number of amides is 1. The van der Waals surface area contributed by atoms with Crippen LogP contribution in [0.25, 0.3) is 22.2 Å². The molecule has 4 rings (SSSR count). The van der Waals surface area contributed by atoms with Crippen molar-refractivity contribution >= 4 is 16.8 Å². The second-order valence-electron chi connectivity index (χ2n) is 6.70. The zero-order valence-electron chi connectivity index (χ0n) is 16.4. The van der Waals surface area contributed by atoms with Gasteiger partial charge in [-0.1, -0.05) is 17.3 Å². The number of carbonyl (C=O) groups excluding carboxylic acids is 1. The normalized spacial score (nSPS) is 10.8. The van der Waals surface area contributed by atoms with Gasteiger partial charge in [0.15, 0.2) is 5.76 Å². The Morgan fingerprint density at radius 3 is 2.77 bits per heavy atom. The van der Waals surface area contributed by atoms with E-state index < -0.39 is 0 Å². The molecule has 152 valence electrons. The first-order valence-corrected chi connectivity index (χ1v) is 9.45. The first-order chi connectivity index (χ1) is 14.6. The molecule has 0 aliphatic carbocycles. The SMILES string of the molecule is COc1ccc(-c2cc(CNC(=O)CCn3cnc4ccccc4c3=O)no2)cc1. The molecule has 2 aromatic carbocycles. The standard InChI is InChI=1S/C22H20N4O4/c1-29-17-8-6-15(7-9-17)20-12-16(25-30-20)13-23-21(27)10-11-26-14-24-19-5-3-2-4-18(19)22(26)28/h2-9,12,14H,10-11,13H2,1H3,(H,23,27). The lowest BCUT2D eigenvalue weighted by Crippen LogP contribution is -2.27. The fraction of sp³-hybridized carbons (Fsp3) is 0.182. The van der Waals surface area contributed by atoms with Crippen molar-refractivity contribution < 1.29 is 14.1 Å². The van der Waals surface area contributed by atoms with Crippen molar-refractivity contribution in [2.24, 2.45) is 0 Å². The number of rotatable bonds is 7. The predicted octanol–water partition coefficient (Wildman–Crippen LogP) is 2.77. The summed E-state index contributed by atoms with van der Waals surface area (Å²) in [5.74, 6) is 1.17. The lowest BCUT2D eigenvalue weighted by atomic mass is 10.1. The summed E-state index contributed by atoms with van der Waals surface area (Å²) in [6, 6.07) is 16.3. The summed E-state index contributed by atoms with van der Waals surface area (Å²) >= 11 is 0. The molecule has 0 bridgehead atoms. The van der Waals surface area contributed by atoms with E-state index in [1.165, 1.54) is 10.9 Å². The van der Waals surface area contributed by atoms with Crippen LogP contribution in [0.3, 0.4) is 0 Å². The molecule has 8 heteroatoms. The van der Waals surface area contributed by atoms with Gasteiger partial charge in [0, 0.05) is 24.6 Å². The summed E-state index contributed by atoms with van der Waals surface area (Å²) in [6.45, 7) is 0.488. The maximum Gasteiger partial charge on any atom is 0.261 e. The highest BCUT2D eigenvalue weighted by atomic mass is 16.5. The van der Waals surface area contributed by atoms with Gasteiger partial charge >= 0.3 is 0 Å². The summed E-state index contributed by atoms with van der Waals surface area (Å²) in [5.41, 5.74) is 1.96. The van der Waals surface area contributed by atoms with Crippen molar-refractivity contribution in [3.8, 4) is 17.1 Å². The zero-order chi connectivity index (χ0) is 20.9. The number of aryl methyl sites for hydroxylation is 1. The average Bonchev–Trinajstić information content (AvgIpc) is 3.26. The van der Waals surface area contributed by atoms with Crippen LogP contribution in [-0.2, 0) is 17.9 Å². The van der Waals surface area contributed by atoms with Crippen LogP contribution in [0.5, 0.6) is 5.75 Å². The smallest absolute Gasteiger partial charge is 0.261 e. The molecule has 0 aliphatic heterocycles. The number of ether oxygens (including phenoxy) is 1. The molecular formula is C22H20N4O4. The number of carbonyl (C=O) groups is 1. The first-order valence-electron chi connectivity index (χ1n) is 9.45. The van der Waals surface area contributed by atoms with E-state index >= 15 is 0 Å². The highest BCUT2D eigenvalue weighted by Gasteiger charge is 2.10. The number of aromatic nitrogens is 3. The van der Waals surface area contributed by atoms with Crippen molar-refractivity contribution in [1.82, 2.24) is 20.0 Å². The number of hydrogen-bond acceptors (Lipinski definition) is 6. The highest BCUT2D eigenvalue weighted by molar-refractivity contribution is 5.77. The molecule has 2 aromatic heterocycles. The molecule has 8 nitrogen and oxygen atoms in total. The molecule has 0 atom stereocenters. The van der Waals surface area contributed by atoms with Crippen LogP contribution in [0.1, 0.15) is 12.1 Å². The van der Waals surface area contributed by atoms with Crippen molar-refractivity contribution in [3.63, 3.8) is 0 Å². The van der Waals surface area contributed by atoms with Crippen molar-refractivity contribution in [2.75, 3.05) is 7.11 Å². The quantitative estimate of drug-likeness (QED) is 0.509. The van der Waals surface area contributed by atoms with Gasteiger partial charge in [-0.05, 0) is 36.4 Å². The fourth-order valence-corrected chi connectivity index (χ4v) is 3.05. The van der Waals surface area contributed by atoms with E-state index in [9.17, 15) is 9.59 Å². The first kappa shape index (κ1) is 19.4. The van der Waals surface area contributed by atoms with Gasteiger partial charge in [0.25, 0.3) is 5.56 Å². The third kappa shape index (κ3) is 4.22. The van der Waals surface area contributed by atoms with Crippen LogP contribution in [0, 0.1) is 0 Å². The van der Waals surface area contributed by atoms with E-state index in [1.54, 1.807) is 31.4 Å². The molecular weight excluding hydrogens is 384 g/mol. The van der Waals surface area contributed by atoms with Gasteiger partial charge in [-0.15, -0.1) is 0 Å². The molecule has 1 N–H and O–H groups in total. The number of para-hydroxylation sites is 1. The van der Waals surface area contributed by atoms with E-state index in [0.29, 0.717) is 22.4 Å². The van der Waals surface area contributed by atoms with E-state index in [-0.39, 0.29) is 31.0 Å². The van der Waals surface area contributed by atoms with Gasteiger partial charge in [0.2, 0.25) is 5.91 Å². The molecule has 0 aliphatic rings. The third-order valence-corrected chi connectivity index (χ3v) is 4.71. The minimum absolute atomic E-state index is 0.156. The minimum atomic E-state index is -0.191. The number of nitrogens with zero attached hydrogens (tertiary/aromatic N) is 3. The van der Waals surface area contributed by atoms with Crippen molar-refractivity contribution in [2.45, 2.75) is 19.5 Å². The van der Waals surface area contributed by atoms with Gasteiger partial charge < -0.3 is 14.6 Å². The van der Waals surface area contributed by atoms with Crippen LogP contribution < -0.4 is 15.6 Å². The molecule has 0 unspecified atom stereocenters. The topological polar surface area (TPSA) is 99.2 Å². The monoisotopic (exact) mass is 404 g/mol. The highest BCUT2D eigenvalue weighted by Crippen LogP contribution is 2.23. The number of benzene rings is 2. The van der Waals surface area contributed by atoms with Gasteiger partial charge in [0.05, 0.1) is 30.9 Å². The summed E-state index contributed by atoms with van der Waals surface area (Å²) in [6.07, 6.45) is 1.62. The number of fused-ring (bicyclic) bond motifs is 1. The molecule has 30 heavy (non-hydrogen) atoms. The second kappa shape index (κ2) is 8.60. The second-order valence-corrected chi connectivity index (χ2v) is 6.70. The summed E-state index contributed by atoms with van der Waals surface area (Å²) < 4.78 is 11.9. The van der Waals surface area contributed by atoms with E-state index in [2.05, 4.69) is 15.5 Å². The predicted molar refractivity (Wildman–Crippen MR) is 111 cm³/mol. The van der Waals surface area contributed by atoms with Crippen LogP contribution in [0.2, 0.25) is 0 Å². The molecule has 0 spiro atoms. The summed E-state index contributed by atoms with van der Waals surface area (Å²) in [4.78, 5) is 28.9. The molecule has 1 amide bonds. The molecule has 0 fully saturated rings. The maximum atomic E-state index is 12.5. The fourth-order valence-electron chi connectivity index (χ4n) is 3.05. The van der Waals surface area contributed by atoms with Crippen molar-refractivity contribution in [1.29, 1.82) is 0 Å². The summed E-state index contributed by atoms with van der Waals surface area (Å²) in [7, 11) is 1.61. The molecule has 0 radical (unpaired) electrons. The third-order valence-electron chi connectivity index (χ3n) is 4.71. The molecule has 2 heterocycles. The van der Waals surface area contributed by atoms with Gasteiger partial charge in [-0.3, -0.25) is 14.2 Å². The molecule has 0 saturated carbocycles. The Labute approximate surface area is 172 Å². The minimum Gasteiger partial charge on any atom is -0.497 e. The van der Waals surface area contributed by atoms with E-state index in [0.717, 1.165) is 11.3 Å². The Hall–Kier alpha value is -3.94. The van der Waals surface area contributed by atoms with Crippen LogP contribution >= 0.6 is 0 Å². The lowest BCUT2D eigenvalue weighted by Gasteiger charge is -2.07. The van der Waals surface area contributed by atoms with Gasteiger partial charge in [-0.2, -0.15) is 0 Å². The lowest BCUT2D eigenvalue weighted by molar-refractivity contribution is -0.121. The van der Waals surface area contributed by atoms with Crippen LogP contribution in [0.15, 0.2) is 70.2 Å². The van der Waals surface area contributed by atoms with Crippen molar-refractivity contribution in [3.05, 3.63) is 77.0 Å². The largest absolute Gasteiger partial charge is 0.497 e. The number of nitrogens with one attached hydrogen (secondary N) is 1. The average molecular weight is 404 g/mol. The van der Waals surface area contributed by atoms with E-state index in [1.807, 2.05) is 30.3 Å². The Bertz CT molecular complexity index is 1230. The molecule has 4 aromatic rings. The Balaban J connectivity index is 1.33.